The highest BCUT2D eigenvalue weighted by Crippen LogP contribution is 2.52. The topological polar surface area (TPSA) is 55.8 Å². The molecule has 40 heavy (non-hydrogen) atoms. The fraction of sp³-hybridized carbons (Fsp3) is 0.853. The molecule has 1 unspecified atom stereocenters. The molecule has 0 aromatic carbocycles. The van der Waals surface area contributed by atoms with Crippen LogP contribution >= 0.6 is 0 Å². The van der Waals surface area contributed by atoms with E-state index in [-0.39, 0.29) is 39.6 Å². The number of rotatable bonds is 18. The van der Waals surface area contributed by atoms with E-state index in [0.29, 0.717) is 18.8 Å². The van der Waals surface area contributed by atoms with Crippen LogP contribution in [-0.2, 0) is 14.0 Å². The number of hydrogen-bond donors (Lipinski definition) is 1. The van der Waals surface area contributed by atoms with E-state index in [2.05, 4.69) is 87.8 Å². The average Bonchev–Trinajstić information content (AvgIpc) is 3.09. The molecule has 0 aromatic heterocycles. The number of ether oxygens (including phenoxy) is 1. The van der Waals surface area contributed by atoms with Gasteiger partial charge in [-0.2, -0.15) is 0 Å². The molecule has 0 spiro atoms. The molecule has 0 saturated heterocycles. The lowest BCUT2D eigenvalue weighted by molar-refractivity contribution is -0.151. The number of hydrogen-bond acceptors (Lipinski definition) is 4. The van der Waals surface area contributed by atoms with Crippen molar-refractivity contribution in [3.63, 3.8) is 0 Å². The summed E-state index contributed by atoms with van der Waals surface area (Å²) in [6, 6.07) is 0. The second-order valence-electron chi connectivity index (χ2n) is 15.8. The third kappa shape index (κ3) is 10.9. The van der Waals surface area contributed by atoms with Gasteiger partial charge < -0.3 is 14.0 Å². The van der Waals surface area contributed by atoms with Crippen LogP contribution in [0.25, 0.3) is 0 Å². The summed E-state index contributed by atoms with van der Waals surface area (Å²) in [5.74, 6) is 0.404. The highest BCUT2D eigenvalue weighted by Gasteiger charge is 2.50. The summed E-state index contributed by atoms with van der Waals surface area (Å²) in [6.07, 6.45) is 14.4. The molecule has 0 radical (unpaired) electrons. The van der Waals surface area contributed by atoms with Crippen molar-refractivity contribution in [3.8, 4) is 0 Å². The molecule has 234 valence electrons. The van der Waals surface area contributed by atoms with Gasteiger partial charge in [-0.05, 0) is 86.1 Å². The van der Waals surface area contributed by atoms with Gasteiger partial charge in [-0.1, -0.05) is 79.9 Å². The van der Waals surface area contributed by atoms with Crippen molar-refractivity contribution in [3.05, 3.63) is 25.3 Å². The molecular formula is C34H66O4Si2. The van der Waals surface area contributed by atoms with Gasteiger partial charge in [0.2, 0.25) is 0 Å². The van der Waals surface area contributed by atoms with E-state index in [4.69, 9.17) is 9.16 Å². The van der Waals surface area contributed by atoms with Crippen molar-refractivity contribution >= 4 is 22.6 Å². The Kier molecular flexibility index (Phi) is 14.1. The van der Waals surface area contributed by atoms with Gasteiger partial charge in [-0.25, -0.2) is 0 Å². The van der Waals surface area contributed by atoms with E-state index in [1.165, 1.54) is 25.7 Å². The van der Waals surface area contributed by atoms with Gasteiger partial charge in [-0.15, -0.1) is 13.2 Å². The minimum Gasteiger partial charge on any atom is -0.462 e. The Labute approximate surface area is 251 Å². The molecule has 6 heteroatoms. The summed E-state index contributed by atoms with van der Waals surface area (Å²) in [6.45, 7) is 32.9. The van der Waals surface area contributed by atoms with Gasteiger partial charge in [0.25, 0.3) is 0 Å². The summed E-state index contributed by atoms with van der Waals surface area (Å²) < 4.78 is 13.3. The van der Waals surface area contributed by atoms with Crippen LogP contribution in [0.3, 0.4) is 0 Å². The smallest absolute Gasteiger partial charge is 0.306 e. The predicted molar refractivity (Wildman–Crippen MR) is 178 cm³/mol. The Hall–Kier alpha value is -0.696. The van der Waals surface area contributed by atoms with Crippen LogP contribution in [-0.4, -0.2) is 39.6 Å². The predicted octanol–water partition coefficient (Wildman–Crippen LogP) is 10.2. The molecule has 1 N–H and O–H groups in total. The fourth-order valence-corrected chi connectivity index (χ4v) is 8.47. The molecule has 0 bridgehead atoms. The lowest BCUT2D eigenvalue weighted by Crippen LogP contribution is -2.45. The van der Waals surface area contributed by atoms with Gasteiger partial charge in [0, 0.05) is 18.8 Å². The van der Waals surface area contributed by atoms with E-state index >= 15 is 0 Å². The first-order valence-electron chi connectivity index (χ1n) is 16.0. The number of unbranched alkanes of at least 4 members (excludes halogenated alkanes) is 2. The van der Waals surface area contributed by atoms with Gasteiger partial charge in [0.05, 0.1) is 6.10 Å². The first-order valence-corrected chi connectivity index (χ1v) is 21.9. The van der Waals surface area contributed by atoms with Gasteiger partial charge in [0.1, 0.15) is 6.10 Å². The Morgan fingerprint density at radius 3 is 2.08 bits per heavy atom. The zero-order valence-corrected chi connectivity index (χ0v) is 30.3. The molecule has 1 fully saturated rings. The van der Waals surface area contributed by atoms with Crippen molar-refractivity contribution in [2.75, 3.05) is 0 Å². The number of allylic oxidation sites excluding steroid dienone is 2. The van der Waals surface area contributed by atoms with Crippen LogP contribution in [0.4, 0.5) is 0 Å². The monoisotopic (exact) mass is 594 g/mol. The van der Waals surface area contributed by atoms with E-state index < -0.39 is 16.6 Å². The molecule has 1 saturated carbocycles. The van der Waals surface area contributed by atoms with Gasteiger partial charge in [-0.3, -0.25) is 4.79 Å². The Bertz CT molecular complexity index is 808. The highest BCUT2D eigenvalue weighted by molar-refractivity contribution is 6.74. The van der Waals surface area contributed by atoms with Crippen molar-refractivity contribution in [1.29, 1.82) is 0 Å². The van der Waals surface area contributed by atoms with Crippen molar-refractivity contribution < 1.29 is 18.8 Å². The number of esters is 1. The van der Waals surface area contributed by atoms with Crippen LogP contribution < -0.4 is 0 Å². The second kappa shape index (κ2) is 15.2. The zero-order valence-electron chi connectivity index (χ0n) is 28.3. The number of carbonyl (C=O) groups excluding carboxylic acids is 1. The van der Waals surface area contributed by atoms with Crippen molar-refractivity contribution in [2.45, 2.75) is 168 Å². The molecule has 0 amide bonds. The third-order valence-electron chi connectivity index (χ3n) is 10.5. The molecule has 1 rings (SSSR count). The van der Waals surface area contributed by atoms with Crippen LogP contribution in [0, 0.1) is 17.3 Å². The van der Waals surface area contributed by atoms with Crippen LogP contribution in [0.15, 0.2) is 25.3 Å². The van der Waals surface area contributed by atoms with Crippen molar-refractivity contribution in [1.82, 2.24) is 0 Å². The van der Waals surface area contributed by atoms with Gasteiger partial charge >= 0.3 is 5.97 Å². The molecule has 1 aliphatic carbocycles. The Balaban J connectivity index is 3.35. The molecule has 4 nitrogen and oxygen atoms in total. The normalized spacial score (nSPS) is 24.0. The minimum atomic E-state index is -2.33. The molecule has 0 heterocycles. The maximum absolute atomic E-state index is 12.7. The van der Waals surface area contributed by atoms with Gasteiger partial charge in [0.15, 0.2) is 16.6 Å². The SMILES string of the molecule is C=CCCC(=O)O[C@H]1C[C@@H](O[Si](C)(C)C(C)(C)C)[C@H](CCC(C)(CCCCC)CC(C)(C)[Si](C)(C)O)[C@H]1CC=C. The van der Waals surface area contributed by atoms with E-state index in [1.54, 1.807) is 6.08 Å². The summed E-state index contributed by atoms with van der Waals surface area (Å²) in [7, 11) is -4.36. The lowest BCUT2D eigenvalue weighted by Gasteiger charge is -2.44. The summed E-state index contributed by atoms with van der Waals surface area (Å²) >= 11 is 0. The third-order valence-corrected chi connectivity index (χ3v) is 18.5. The van der Waals surface area contributed by atoms with Crippen molar-refractivity contribution in [2.24, 2.45) is 17.3 Å². The second-order valence-corrected chi connectivity index (χ2v) is 25.0. The molecule has 0 aliphatic heterocycles. The largest absolute Gasteiger partial charge is 0.462 e. The van der Waals surface area contributed by atoms with E-state index in [0.717, 1.165) is 32.1 Å². The molecular weight excluding hydrogens is 529 g/mol. The summed E-state index contributed by atoms with van der Waals surface area (Å²) in [4.78, 5) is 23.9. The molecule has 0 aromatic rings. The maximum atomic E-state index is 12.7. The Morgan fingerprint density at radius 2 is 1.57 bits per heavy atom. The van der Waals surface area contributed by atoms with Crippen LogP contribution in [0.1, 0.15) is 119 Å². The maximum Gasteiger partial charge on any atom is 0.306 e. The first kappa shape index (κ1) is 37.3. The molecule has 5 atom stereocenters. The Morgan fingerprint density at radius 1 is 0.950 bits per heavy atom. The zero-order chi connectivity index (χ0) is 31.0. The standard InChI is InChI=1S/C34H66O4Si2/c1-14-17-19-23-34(9,26-33(7,8)39(10,11)36)24-22-28-27(20-16-3)29(37-31(35)21-18-15-2)25-30(28)38-40(12,13)32(4,5)6/h15-16,27-30,36H,2-3,14,17-26H2,1,4-13H3/t27-,28-,29+,30-,34?/m1/s1. The van der Waals surface area contributed by atoms with E-state index in [1.807, 2.05) is 6.08 Å². The van der Waals surface area contributed by atoms with Crippen LogP contribution in [0.5, 0.6) is 0 Å². The summed E-state index contributed by atoms with van der Waals surface area (Å²) in [5.41, 5.74) is 0.143. The summed E-state index contributed by atoms with van der Waals surface area (Å²) in [5, 5.41) is 0.0463. The van der Waals surface area contributed by atoms with E-state index in [9.17, 15) is 9.59 Å². The fourth-order valence-electron chi connectivity index (χ4n) is 6.22. The lowest BCUT2D eigenvalue weighted by atomic mass is 9.71. The quantitative estimate of drug-likeness (QED) is 0.0742. The first-order chi connectivity index (χ1) is 18.2. The average molecular weight is 595 g/mol. The molecule has 1 aliphatic rings. The highest BCUT2D eigenvalue weighted by atomic mass is 28.4. The van der Waals surface area contributed by atoms with Crippen LogP contribution in [0.2, 0.25) is 36.3 Å². The number of carbonyl (C=O) groups is 1. The minimum absolute atomic E-state index is 0.0651.